The van der Waals surface area contributed by atoms with E-state index in [0.717, 1.165) is 0 Å². The van der Waals surface area contributed by atoms with Crippen molar-refractivity contribution >= 4 is 34.8 Å². The number of amides is 1. The van der Waals surface area contributed by atoms with Gasteiger partial charge in [0.25, 0.3) is 5.91 Å². The molecular formula is C10H12Cl2N2O. The molecule has 0 atom stereocenters. The SMILES string of the molecule is CCNC(=O)c1cc(Cl)cc(Cl)c1NC. The van der Waals surface area contributed by atoms with Crippen LogP contribution >= 0.6 is 23.2 Å². The summed E-state index contributed by atoms with van der Waals surface area (Å²) in [6.07, 6.45) is 0. The zero-order valence-corrected chi connectivity index (χ0v) is 10.0. The zero-order chi connectivity index (χ0) is 11.4. The first kappa shape index (κ1) is 12.1. The Morgan fingerprint density at radius 3 is 2.60 bits per heavy atom. The summed E-state index contributed by atoms with van der Waals surface area (Å²) in [5.41, 5.74) is 1.05. The van der Waals surface area contributed by atoms with Gasteiger partial charge in [-0.3, -0.25) is 4.79 Å². The average molecular weight is 247 g/mol. The lowest BCUT2D eigenvalue weighted by Gasteiger charge is -2.11. The third kappa shape index (κ3) is 2.76. The van der Waals surface area contributed by atoms with Crippen LogP contribution in [0.5, 0.6) is 0 Å². The van der Waals surface area contributed by atoms with Crippen LogP contribution < -0.4 is 10.6 Å². The number of hydrogen-bond donors (Lipinski definition) is 2. The summed E-state index contributed by atoms with van der Waals surface area (Å²) in [6, 6.07) is 3.18. The van der Waals surface area contributed by atoms with Crippen molar-refractivity contribution in [3.63, 3.8) is 0 Å². The molecule has 0 spiro atoms. The molecule has 0 unspecified atom stereocenters. The molecule has 15 heavy (non-hydrogen) atoms. The van der Waals surface area contributed by atoms with E-state index in [1.807, 2.05) is 6.92 Å². The molecule has 3 nitrogen and oxygen atoms in total. The monoisotopic (exact) mass is 246 g/mol. The Balaban J connectivity index is 3.20. The first-order valence-corrected chi connectivity index (χ1v) is 5.30. The lowest BCUT2D eigenvalue weighted by Crippen LogP contribution is -2.23. The molecular weight excluding hydrogens is 235 g/mol. The lowest BCUT2D eigenvalue weighted by molar-refractivity contribution is 0.0956. The van der Waals surface area contributed by atoms with Crippen LogP contribution in [0.25, 0.3) is 0 Å². The molecule has 0 aromatic heterocycles. The van der Waals surface area contributed by atoms with Crippen molar-refractivity contribution in [2.45, 2.75) is 6.92 Å². The second kappa shape index (κ2) is 5.24. The molecule has 0 saturated heterocycles. The van der Waals surface area contributed by atoms with Gasteiger partial charge in [0.1, 0.15) is 0 Å². The van der Waals surface area contributed by atoms with Crippen LogP contribution in [0, 0.1) is 0 Å². The van der Waals surface area contributed by atoms with E-state index in [1.54, 1.807) is 19.2 Å². The number of carbonyl (C=O) groups is 1. The molecule has 1 amide bonds. The van der Waals surface area contributed by atoms with Crippen LogP contribution in [0.1, 0.15) is 17.3 Å². The summed E-state index contributed by atoms with van der Waals surface area (Å²) < 4.78 is 0. The predicted octanol–water partition coefficient (Wildman–Crippen LogP) is 2.78. The van der Waals surface area contributed by atoms with E-state index in [0.29, 0.717) is 27.8 Å². The van der Waals surface area contributed by atoms with E-state index < -0.39 is 0 Å². The van der Waals surface area contributed by atoms with Gasteiger partial charge in [0, 0.05) is 18.6 Å². The highest BCUT2D eigenvalue weighted by molar-refractivity contribution is 6.37. The molecule has 5 heteroatoms. The van der Waals surface area contributed by atoms with Gasteiger partial charge in [0.2, 0.25) is 0 Å². The Bertz CT molecular complexity index is 380. The van der Waals surface area contributed by atoms with Gasteiger partial charge in [0.15, 0.2) is 0 Å². The van der Waals surface area contributed by atoms with Gasteiger partial charge in [0.05, 0.1) is 16.3 Å². The van der Waals surface area contributed by atoms with Crippen LogP contribution in [0.3, 0.4) is 0 Å². The van der Waals surface area contributed by atoms with Crippen molar-refractivity contribution in [1.29, 1.82) is 0 Å². The molecule has 0 fully saturated rings. The van der Waals surface area contributed by atoms with E-state index in [1.165, 1.54) is 0 Å². The van der Waals surface area contributed by atoms with E-state index in [9.17, 15) is 4.79 Å². The van der Waals surface area contributed by atoms with E-state index in [4.69, 9.17) is 23.2 Å². The molecule has 0 heterocycles. The van der Waals surface area contributed by atoms with Crippen molar-refractivity contribution in [1.82, 2.24) is 5.32 Å². The van der Waals surface area contributed by atoms with Gasteiger partial charge in [-0.15, -0.1) is 0 Å². The number of anilines is 1. The van der Waals surface area contributed by atoms with Gasteiger partial charge in [-0.1, -0.05) is 23.2 Å². The van der Waals surface area contributed by atoms with E-state index in [-0.39, 0.29) is 5.91 Å². The molecule has 0 aliphatic heterocycles. The summed E-state index contributed by atoms with van der Waals surface area (Å²) in [5.74, 6) is -0.189. The molecule has 0 radical (unpaired) electrons. The summed E-state index contributed by atoms with van der Waals surface area (Å²) >= 11 is 11.8. The fraction of sp³-hybridized carbons (Fsp3) is 0.300. The fourth-order valence-electron chi connectivity index (χ4n) is 1.26. The Labute approximate surface area is 98.8 Å². The summed E-state index contributed by atoms with van der Waals surface area (Å²) in [5, 5.41) is 6.45. The summed E-state index contributed by atoms with van der Waals surface area (Å²) in [7, 11) is 1.71. The largest absolute Gasteiger partial charge is 0.386 e. The first-order chi connectivity index (χ1) is 7.10. The predicted molar refractivity (Wildman–Crippen MR) is 64.0 cm³/mol. The Morgan fingerprint density at radius 2 is 2.07 bits per heavy atom. The maximum atomic E-state index is 11.7. The van der Waals surface area contributed by atoms with Crippen molar-refractivity contribution in [2.75, 3.05) is 18.9 Å². The second-order valence-electron chi connectivity index (χ2n) is 2.92. The quantitative estimate of drug-likeness (QED) is 0.862. The van der Waals surface area contributed by atoms with Crippen LogP contribution in [0.2, 0.25) is 10.0 Å². The van der Waals surface area contributed by atoms with Gasteiger partial charge in [-0.25, -0.2) is 0 Å². The molecule has 1 aromatic carbocycles. The molecule has 0 aliphatic carbocycles. The topological polar surface area (TPSA) is 41.1 Å². The molecule has 0 saturated carbocycles. The van der Waals surface area contributed by atoms with Gasteiger partial charge in [-0.2, -0.15) is 0 Å². The van der Waals surface area contributed by atoms with Gasteiger partial charge < -0.3 is 10.6 Å². The standard InChI is InChI=1S/C10H12Cl2N2O/c1-3-14-10(15)7-4-6(11)5-8(12)9(7)13-2/h4-5,13H,3H2,1-2H3,(H,14,15). The average Bonchev–Trinajstić information content (AvgIpc) is 2.17. The second-order valence-corrected chi connectivity index (χ2v) is 3.76. The summed E-state index contributed by atoms with van der Waals surface area (Å²) in [6.45, 7) is 2.41. The Hall–Kier alpha value is -0.930. The van der Waals surface area contributed by atoms with Crippen LogP contribution in [0.4, 0.5) is 5.69 Å². The van der Waals surface area contributed by atoms with Crippen LogP contribution in [-0.4, -0.2) is 19.5 Å². The highest BCUT2D eigenvalue weighted by Crippen LogP contribution is 2.29. The molecule has 82 valence electrons. The molecule has 0 aliphatic rings. The first-order valence-electron chi connectivity index (χ1n) is 4.55. The van der Waals surface area contributed by atoms with Crippen molar-refractivity contribution in [3.8, 4) is 0 Å². The number of hydrogen-bond acceptors (Lipinski definition) is 2. The van der Waals surface area contributed by atoms with Crippen molar-refractivity contribution < 1.29 is 4.79 Å². The Morgan fingerprint density at radius 1 is 1.40 bits per heavy atom. The normalized spacial score (nSPS) is 9.87. The third-order valence-corrected chi connectivity index (χ3v) is 2.40. The smallest absolute Gasteiger partial charge is 0.253 e. The molecule has 1 rings (SSSR count). The zero-order valence-electron chi connectivity index (χ0n) is 8.53. The minimum atomic E-state index is -0.189. The third-order valence-electron chi connectivity index (χ3n) is 1.89. The van der Waals surface area contributed by atoms with Crippen LogP contribution in [-0.2, 0) is 0 Å². The lowest BCUT2D eigenvalue weighted by atomic mass is 10.1. The Kier molecular flexibility index (Phi) is 4.24. The van der Waals surface area contributed by atoms with E-state index in [2.05, 4.69) is 10.6 Å². The van der Waals surface area contributed by atoms with Crippen molar-refractivity contribution in [2.24, 2.45) is 0 Å². The van der Waals surface area contributed by atoms with Crippen LogP contribution in [0.15, 0.2) is 12.1 Å². The number of carbonyl (C=O) groups excluding carboxylic acids is 1. The highest BCUT2D eigenvalue weighted by atomic mass is 35.5. The minimum absolute atomic E-state index is 0.189. The van der Waals surface area contributed by atoms with Gasteiger partial charge >= 0.3 is 0 Å². The highest BCUT2D eigenvalue weighted by Gasteiger charge is 2.13. The maximum Gasteiger partial charge on any atom is 0.253 e. The summed E-state index contributed by atoms with van der Waals surface area (Å²) in [4.78, 5) is 11.7. The van der Waals surface area contributed by atoms with Gasteiger partial charge in [-0.05, 0) is 19.1 Å². The molecule has 2 N–H and O–H groups in total. The van der Waals surface area contributed by atoms with Crippen molar-refractivity contribution in [3.05, 3.63) is 27.7 Å². The maximum absolute atomic E-state index is 11.7. The number of nitrogens with one attached hydrogen (secondary N) is 2. The minimum Gasteiger partial charge on any atom is -0.386 e. The molecule has 0 bridgehead atoms. The number of benzene rings is 1. The number of halogens is 2. The van der Waals surface area contributed by atoms with E-state index >= 15 is 0 Å². The fourth-order valence-corrected chi connectivity index (χ4v) is 1.85. The molecule has 1 aromatic rings. The number of rotatable bonds is 3.